The van der Waals surface area contributed by atoms with Gasteiger partial charge in [0.2, 0.25) is 0 Å². The summed E-state index contributed by atoms with van der Waals surface area (Å²) in [5.41, 5.74) is 11.3. The summed E-state index contributed by atoms with van der Waals surface area (Å²) in [4.78, 5) is 0. The first-order chi connectivity index (χ1) is 10.5. The second kappa shape index (κ2) is 9.17. The molecular weight excluding hydrogens is 296 g/mol. The molecule has 0 aliphatic rings. The van der Waals surface area contributed by atoms with E-state index in [1.165, 1.54) is 24.3 Å². The van der Waals surface area contributed by atoms with Crippen LogP contribution in [0.25, 0.3) is 0 Å². The highest BCUT2D eigenvalue weighted by molar-refractivity contribution is 5.19. The van der Waals surface area contributed by atoms with Crippen molar-refractivity contribution < 1.29 is 17.6 Å². The summed E-state index contributed by atoms with van der Waals surface area (Å²) in [7, 11) is 0. The van der Waals surface area contributed by atoms with Crippen LogP contribution in [0.2, 0.25) is 0 Å². The van der Waals surface area contributed by atoms with Gasteiger partial charge in [0.25, 0.3) is 0 Å². The molecule has 0 aromatic heterocycles. The highest BCUT2D eigenvalue weighted by atomic mass is 19.1. The maximum absolute atomic E-state index is 12.7. The van der Waals surface area contributed by atoms with Crippen molar-refractivity contribution in [3.05, 3.63) is 70.8 Å². The molecule has 22 heavy (non-hydrogen) atoms. The summed E-state index contributed by atoms with van der Waals surface area (Å²) in [5, 5.41) is 0. The van der Waals surface area contributed by atoms with Crippen molar-refractivity contribution in [1.82, 2.24) is 0 Å². The fourth-order valence-corrected chi connectivity index (χ4v) is 1.76. The minimum Gasteiger partial charge on any atom is -0.330 e. The summed E-state index contributed by atoms with van der Waals surface area (Å²) < 4.78 is 50.1. The monoisotopic (exact) mass is 314 g/mol. The van der Waals surface area contributed by atoms with E-state index in [2.05, 4.69) is 0 Å². The molecule has 2 nitrogen and oxygen atoms in total. The van der Waals surface area contributed by atoms with Gasteiger partial charge in [0.05, 0.1) is 0 Å². The molecule has 0 spiro atoms. The molecule has 120 valence electrons. The van der Waals surface area contributed by atoms with Crippen LogP contribution in [0.1, 0.15) is 11.1 Å². The van der Waals surface area contributed by atoms with Crippen molar-refractivity contribution in [3.8, 4) is 0 Å². The van der Waals surface area contributed by atoms with E-state index < -0.39 is 23.3 Å². The van der Waals surface area contributed by atoms with E-state index in [0.29, 0.717) is 37.1 Å². The lowest BCUT2D eigenvalue weighted by molar-refractivity contribution is 0.571. The molecular formula is C16H18F4N2. The van der Waals surface area contributed by atoms with Gasteiger partial charge in [-0.05, 0) is 49.2 Å². The molecule has 0 radical (unpaired) electrons. The third-order valence-corrected chi connectivity index (χ3v) is 2.86. The Hall–Kier alpha value is -1.92. The largest absolute Gasteiger partial charge is 0.330 e. The molecule has 6 heteroatoms. The molecule has 0 saturated heterocycles. The van der Waals surface area contributed by atoms with Crippen LogP contribution in [-0.2, 0) is 12.8 Å². The van der Waals surface area contributed by atoms with Gasteiger partial charge in [-0.15, -0.1) is 0 Å². The lowest BCUT2D eigenvalue weighted by Gasteiger charge is -1.99. The Balaban J connectivity index is 0.000000220. The average Bonchev–Trinajstić information content (AvgIpc) is 2.46. The van der Waals surface area contributed by atoms with Gasteiger partial charge in [-0.3, -0.25) is 0 Å². The van der Waals surface area contributed by atoms with Crippen molar-refractivity contribution in [2.24, 2.45) is 11.5 Å². The van der Waals surface area contributed by atoms with Crippen LogP contribution in [0.15, 0.2) is 36.4 Å². The van der Waals surface area contributed by atoms with Crippen LogP contribution >= 0.6 is 0 Å². The van der Waals surface area contributed by atoms with Crippen molar-refractivity contribution in [3.63, 3.8) is 0 Å². The van der Waals surface area contributed by atoms with Crippen LogP contribution in [-0.4, -0.2) is 13.1 Å². The fraction of sp³-hybridized carbons (Fsp3) is 0.250. The summed E-state index contributed by atoms with van der Waals surface area (Å²) >= 11 is 0. The first kappa shape index (κ1) is 18.1. The second-order valence-electron chi connectivity index (χ2n) is 4.55. The first-order valence-corrected chi connectivity index (χ1v) is 6.76. The van der Waals surface area contributed by atoms with Crippen LogP contribution < -0.4 is 11.5 Å². The molecule has 0 amide bonds. The van der Waals surface area contributed by atoms with Crippen molar-refractivity contribution in [2.45, 2.75) is 12.8 Å². The Morgan fingerprint density at radius 3 is 1.27 bits per heavy atom. The predicted molar refractivity (Wildman–Crippen MR) is 78.2 cm³/mol. The minimum atomic E-state index is -0.553. The van der Waals surface area contributed by atoms with E-state index in [0.717, 1.165) is 12.1 Å². The number of benzene rings is 2. The fourth-order valence-electron chi connectivity index (χ4n) is 1.76. The molecule has 0 bridgehead atoms. The van der Waals surface area contributed by atoms with Gasteiger partial charge in [-0.2, -0.15) is 0 Å². The normalized spacial score (nSPS) is 10.1. The van der Waals surface area contributed by atoms with E-state index in [-0.39, 0.29) is 0 Å². The van der Waals surface area contributed by atoms with E-state index in [4.69, 9.17) is 11.5 Å². The third kappa shape index (κ3) is 5.83. The maximum Gasteiger partial charge on any atom is 0.129 e. The Bertz CT molecular complexity index is 549. The highest BCUT2D eigenvalue weighted by Gasteiger charge is 2.02. The highest BCUT2D eigenvalue weighted by Crippen LogP contribution is 2.09. The van der Waals surface area contributed by atoms with Gasteiger partial charge in [-0.25, -0.2) is 17.6 Å². The number of rotatable bonds is 4. The average molecular weight is 314 g/mol. The van der Waals surface area contributed by atoms with Crippen LogP contribution in [0.4, 0.5) is 17.6 Å². The zero-order valence-electron chi connectivity index (χ0n) is 12.0. The standard InChI is InChI=1S/2C8H9F2N/c2*9-7-2-1-6(3-4-11)8(10)5-7/h2*1-2,5H,3-4,11H2. The van der Waals surface area contributed by atoms with E-state index in [9.17, 15) is 17.6 Å². The number of nitrogens with two attached hydrogens (primary N) is 2. The zero-order chi connectivity index (χ0) is 16.5. The first-order valence-electron chi connectivity index (χ1n) is 6.76. The Morgan fingerprint density at radius 1 is 0.636 bits per heavy atom. The second-order valence-corrected chi connectivity index (χ2v) is 4.55. The van der Waals surface area contributed by atoms with Gasteiger partial charge in [0.1, 0.15) is 23.3 Å². The van der Waals surface area contributed by atoms with Crippen molar-refractivity contribution >= 4 is 0 Å². The topological polar surface area (TPSA) is 52.0 Å². The van der Waals surface area contributed by atoms with Gasteiger partial charge >= 0.3 is 0 Å². The SMILES string of the molecule is NCCc1ccc(F)cc1F.NCCc1ccc(F)cc1F. The molecule has 2 aromatic rings. The molecule has 2 rings (SSSR count). The van der Waals surface area contributed by atoms with Gasteiger partial charge in [0.15, 0.2) is 0 Å². The van der Waals surface area contributed by atoms with Crippen LogP contribution in [0.5, 0.6) is 0 Å². The molecule has 0 aliphatic heterocycles. The molecule has 0 saturated carbocycles. The number of hydrogen-bond acceptors (Lipinski definition) is 2. The summed E-state index contributed by atoms with van der Waals surface area (Å²) in [5.74, 6) is -2.14. The van der Waals surface area contributed by atoms with Crippen molar-refractivity contribution in [1.29, 1.82) is 0 Å². The third-order valence-electron chi connectivity index (χ3n) is 2.86. The predicted octanol–water partition coefficient (Wildman–Crippen LogP) is 2.93. The Morgan fingerprint density at radius 2 is 1.00 bits per heavy atom. The summed E-state index contributed by atoms with van der Waals surface area (Å²) in [6.07, 6.45) is 0.901. The molecule has 2 aromatic carbocycles. The minimum absolute atomic E-state index is 0.378. The number of hydrogen-bond donors (Lipinski definition) is 2. The molecule has 0 aliphatic carbocycles. The van der Waals surface area contributed by atoms with Crippen molar-refractivity contribution in [2.75, 3.05) is 13.1 Å². The van der Waals surface area contributed by atoms with E-state index in [1.54, 1.807) is 0 Å². The molecule has 0 atom stereocenters. The Labute approximate surface area is 126 Å². The Kier molecular flexibility index (Phi) is 7.56. The van der Waals surface area contributed by atoms with Gasteiger partial charge in [0, 0.05) is 12.1 Å². The maximum atomic E-state index is 12.7. The van der Waals surface area contributed by atoms with Gasteiger partial charge in [-0.1, -0.05) is 12.1 Å². The van der Waals surface area contributed by atoms with Crippen LogP contribution in [0, 0.1) is 23.3 Å². The molecule has 4 N–H and O–H groups in total. The zero-order valence-corrected chi connectivity index (χ0v) is 12.0. The van der Waals surface area contributed by atoms with Crippen LogP contribution in [0.3, 0.4) is 0 Å². The van der Waals surface area contributed by atoms with E-state index in [1.807, 2.05) is 0 Å². The lowest BCUT2D eigenvalue weighted by Crippen LogP contribution is -2.04. The summed E-state index contributed by atoms with van der Waals surface area (Å²) in [6.45, 7) is 0.755. The number of halogens is 4. The van der Waals surface area contributed by atoms with Gasteiger partial charge < -0.3 is 11.5 Å². The quantitative estimate of drug-likeness (QED) is 0.853. The molecule has 0 unspecified atom stereocenters. The summed E-state index contributed by atoms with van der Waals surface area (Å²) in [6, 6.07) is 7.02. The molecule has 0 heterocycles. The molecule has 0 fully saturated rings. The van der Waals surface area contributed by atoms with E-state index >= 15 is 0 Å². The smallest absolute Gasteiger partial charge is 0.129 e. The lowest BCUT2D eigenvalue weighted by atomic mass is 10.1.